The number of imide groups is 1. The number of aromatic carboxylic acids is 1. The van der Waals surface area contributed by atoms with Crippen LogP contribution in [0.15, 0.2) is 91.0 Å². The number of aromatic nitrogens is 2. The first-order valence-corrected chi connectivity index (χ1v) is 24.9. The van der Waals surface area contributed by atoms with E-state index in [-0.39, 0.29) is 54.6 Å². The molecule has 2 saturated heterocycles. The van der Waals surface area contributed by atoms with Gasteiger partial charge in [-0.1, -0.05) is 47.7 Å². The molecule has 3 aliphatic rings. The Bertz CT molecular complexity index is 3030. The number of thiazole rings is 1. The maximum absolute atomic E-state index is 13.6. The number of nitrogens with zero attached hydrogens (tertiary/aromatic N) is 4. The number of hydrogen-bond donors (Lipinski definition) is 6. The second-order valence-electron chi connectivity index (χ2n) is 18.5. The number of piperidine rings is 2. The lowest BCUT2D eigenvalue weighted by molar-refractivity contribution is -0.134. The van der Waals surface area contributed by atoms with Gasteiger partial charge in [-0.3, -0.25) is 34.7 Å². The van der Waals surface area contributed by atoms with E-state index in [0.29, 0.717) is 76.8 Å². The molecular formula is C54H57N9O7S. The monoisotopic (exact) mass is 975 g/mol. The zero-order valence-electron chi connectivity index (χ0n) is 40.0. The molecule has 2 fully saturated rings. The molecule has 0 saturated carbocycles. The van der Waals surface area contributed by atoms with E-state index >= 15 is 0 Å². The van der Waals surface area contributed by atoms with Crippen molar-refractivity contribution >= 4 is 79.2 Å². The number of para-hydroxylation sites is 1. The third-order valence-corrected chi connectivity index (χ3v) is 14.9. The highest BCUT2D eigenvalue weighted by atomic mass is 32.1. The van der Waals surface area contributed by atoms with Crippen LogP contribution in [0, 0.1) is 24.2 Å². The first-order valence-electron chi connectivity index (χ1n) is 24.1. The minimum absolute atomic E-state index is 0.0591. The molecule has 4 aromatic carbocycles. The molecule has 4 amide bonds. The maximum atomic E-state index is 13.6. The molecule has 0 radical (unpaired) electrons. The summed E-state index contributed by atoms with van der Waals surface area (Å²) in [5, 5.41) is 31.1. The lowest BCUT2D eigenvalue weighted by Gasteiger charge is -2.37. The van der Waals surface area contributed by atoms with E-state index in [2.05, 4.69) is 38.1 Å². The van der Waals surface area contributed by atoms with Gasteiger partial charge in [0, 0.05) is 60.7 Å². The predicted octanol–water partition coefficient (Wildman–Crippen LogP) is 8.54. The first kappa shape index (κ1) is 48.5. The fourth-order valence-corrected chi connectivity index (χ4v) is 11.0. The molecule has 9 rings (SSSR count). The van der Waals surface area contributed by atoms with Crippen LogP contribution in [-0.4, -0.2) is 94.6 Å². The third-order valence-electron chi connectivity index (χ3n) is 13.9. The lowest BCUT2D eigenvalue weighted by Crippen LogP contribution is -2.44. The van der Waals surface area contributed by atoms with Gasteiger partial charge in [0.05, 0.1) is 35.0 Å². The molecule has 0 bridgehead atoms. The Balaban J connectivity index is 0.766. The van der Waals surface area contributed by atoms with Crippen LogP contribution in [0.4, 0.5) is 22.3 Å². The summed E-state index contributed by atoms with van der Waals surface area (Å²) in [6.07, 6.45) is 4.87. The van der Waals surface area contributed by atoms with E-state index in [4.69, 9.17) is 15.1 Å². The molecule has 5 heterocycles. The highest BCUT2D eigenvalue weighted by Crippen LogP contribution is 2.36. The summed E-state index contributed by atoms with van der Waals surface area (Å²) in [4.78, 5) is 77.2. The minimum atomic E-state index is -1.14. The smallest absolute Gasteiger partial charge is 0.355 e. The number of fused-ring (bicyclic) bond motifs is 2. The van der Waals surface area contributed by atoms with Gasteiger partial charge in [0.1, 0.15) is 11.6 Å². The van der Waals surface area contributed by atoms with E-state index in [9.17, 15) is 29.1 Å². The number of carbonyl (C=O) groups is 5. The summed E-state index contributed by atoms with van der Waals surface area (Å²) in [6.45, 7) is 6.63. The normalized spacial score (nSPS) is 18.1. The average Bonchev–Trinajstić information content (AvgIpc) is 3.78. The van der Waals surface area contributed by atoms with Crippen molar-refractivity contribution in [1.29, 1.82) is 5.41 Å². The van der Waals surface area contributed by atoms with Gasteiger partial charge >= 0.3 is 5.97 Å². The SMILES string of the molecule is CNc1cc(NC(=O)CN2CCC(CCCOc3cccc(-c4ccc(N5CCc6cccc(C(=O)Nc7nc8ccccc8s7)c6C5)nc4C(=O)O)c3C)CC2C)ccc1C(=N)C1CCC(=O)NC1=O. The zero-order valence-corrected chi connectivity index (χ0v) is 40.8. The van der Waals surface area contributed by atoms with Crippen LogP contribution in [-0.2, 0) is 27.3 Å². The van der Waals surface area contributed by atoms with E-state index in [1.807, 2.05) is 84.6 Å². The highest BCUT2D eigenvalue weighted by Gasteiger charge is 2.32. The molecule has 6 N–H and O–H groups in total. The van der Waals surface area contributed by atoms with Gasteiger partial charge in [0.15, 0.2) is 10.8 Å². The van der Waals surface area contributed by atoms with Crippen molar-refractivity contribution in [2.75, 3.05) is 54.1 Å². The van der Waals surface area contributed by atoms with Gasteiger partial charge in [-0.25, -0.2) is 14.8 Å². The number of pyridine rings is 1. The van der Waals surface area contributed by atoms with Crippen LogP contribution in [0.3, 0.4) is 0 Å². The van der Waals surface area contributed by atoms with E-state index in [0.717, 1.165) is 64.7 Å². The number of ether oxygens (including phenoxy) is 1. The summed E-state index contributed by atoms with van der Waals surface area (Å²) in [5.74, 6) is -1.33. The summed E-state index contributed by atoms with van der Waals surface area (Å²) in [5.41, 5.74) is 7.17. The Morgan fingerprint density at radius 1 is 0.915 bits per heavy atom. The number of carboxylic acids is 1. The molecule has 3 atom stereocenters. The number of amides is 4. The summed E-state index contributed by atoms with van der Waals surface area (Å²) < 4.78 is 7.33. The number of rotatable bonds is 16. The molecule has 0 aliphatic carbocycles. The molecular weight excluding hydrogens is 919 g/mol. The highest BCUT2D eigenvalue weighted by molar-refractivity contribution is 7.22. The lowest BCUT2D eigenvalue weighted by atomic mass is 9.88. The number of nitrogens with one attached hydrogen (secondary N) is 5. The fraction of sp³-hybridized carbons (Fsp3) is 0.333. The van der Waals surface area contributed by atoms with Gasteiger partial charge < -0.3 is 30.8 Å². The van der Waals surface area contributed by atoms with Gasteiger partial charge in [-0.05, 0) is 142 Å². The first-order chi connectivity index (χ1) is 34.3. The molecule has 2 aromatic heterocycles. The van der Waals surface area contributed by atoms with Crippen molar-refractivity contribution in [1.82, 2.24) is 20.2 Å². The van der Waals surface area contributed by atoms with Crippen molar-refractivity contribution in [2.45, 2.75) is 71.4 Å². The van der Waals surface area contributed by atoms with Crippen molar-refractivity contribution < 1.29 is 33.8 Å². The van der Waals surface area contributed by atoms with Crippen LogP contribution in [0.1, 0.15) is 88.5 Å². The zero-order chi connectivity index (χ0) is 49.8. The molecule has 6 aromatic rings. The standard InChI is InChI=1S/C54H57N9O7S/c1-31-27-33(22-24-62(31)30-48(65)57-35-16-17-39(43(28-35)56-3)49(55)40-19-21-47(64)60-52(40)67)9-8-26-70-44-14-7-11-36(32(44)2)37-18-20-46(59-50(37)53(68)69)63-25-23-34-10-6-12-38(41(34)29-63)51(66)61-54-58-42-13-4-5-15-45(42)71-54/h4-7,10-18,20,28,31,33,40,55-56H,8-9,19,21-27,29-30H2,1-3H3,(H,57,65)(H,68,69)(H,58,61,66)(H,60,64,67). The largest absolute Gasteiger partial charge is 0.493 e. The number of likely N-dealkylation sites (tertiary alicyclic amines) is 1. The molecule has 0 spiro atoms. The second-order valence-corrected chi connectivity index (χ2v) is 19.6. The molecule has 3 aliphatic heterocycles. The van der Waals surface area contributed by atoms with Crippen molar-refractivity contribution in [3.05, 3.63) is 125 Å². The van der Waals surface area contributed by atoms with Gasteiger partial charge in [-0.2, -0.15) is 0 Å². The Morgan fingerprint density at radius 2 is 1.75 bits per heavy atom. The number of anilines is 4. The van der Waals surface area contributed by atoms with E-state index in [1.54, 1.807) is 25.2 Å². The van der Waals surface area contributed by atoms with Crippen molar-refractivity contribution in [2.24, 2.45) is 11.8 Å². The van der Waals surface area contributed by atoms with Crippen LogP contribution < -0.4 is 30.9 Å². The fourth-order valence-electron chi connectivity index (χ4n) is 10.1. The maximum Gasteiger partial charge on any atom is 0.355 e. The van der Waals surface area contributed by atoms with Crippen LogP contribution in [0.5, 0.6) is 5.75 Å². The Hall–Kier alpha value is -7.50. The van der Waals surface area contributed by atoms with Crippen molar-refractivity contribution in [3.8, 4) is 16.9 Å². The van der Waals surface area contributed by atoms with E-state index < -0.39 is 17.8 Å². The van der Waals surface area contributed by atoms with Gasteiger partial charge in [-0.15, -0.1) is 0 Å². The number of hydrogen-bond acceptors (Lipinski definition) is 13. The summed E-state index contributed by atoms with van der Waals surface area (Å²) in [6, 6.07) is 28.2. The summed E-state index contributed by atoms with van der Waals surface area (Å²) in [7, 11) is 1.72. The molecule has 71 heavy (non-hydrogen) atoms. The molecule has 17 heteroatoms. The quantitative estimate of drug-likeness (QED) is 0.0305. The Kier molecular flexibility index (Phi) is 14.5. The average molecular weight is 976 g/mol. The Morgan fingerprint density at radius 3 is 2.54 bits per heavy atom. The van der Waals surface area contributed by atoms with Crippen LogP contribution in [0.25, 0.3) is 21.3 Å². The van der Waals surface area contributed by atoms with Crippen LogP contribution >= 0.6 is 11.3 Å². The second kappa shape index (κ2) is 21.2. The van der Waals surface area contributed by atoms with Crippen molar-refractivity contribution in [3.63, 3.8) is 0 Å². The van der Waals surface area contributed by atoms with Gasteiger partial charge in [0.25, 0.3) is 5.91 Å². The number of carbonyl (C=O) groups excluding carboxylic acids is 4. The van der Waals surface area contributed by atoms with E-state index in [1.165, 1.54) is 11.3 Å². The molecule has 366 valence electrons. The van der Waals surface area contributed by atoms with Gasteiger partial charge in [0.2, 0.25) is 17.7 Å². The number of carboxylic acid groups (broad SMARTS) is 1. The predicted molar refractivity (Wildman–Crippen MR) is 276 cm³/mol. The number of benzene rings is 4. The van der Waals surface area contributed by atoms with Crippen LogP contribution in [0.2, 0.25) is 0 Å². The summed E-state index contributed by atoms with van der Waals surface area (Å²) >= 11 is 1.42. The molecule has 3 unspecified atom stereocenters. The third kappa shape index (κ3) is 10.8. The molecule has 16 nitrogen and oxygen atoms in total. The minimum Gasteiger partial charge on any atom is -0.493 e. The topological polar surface area (TPSA) is 219 Å². The Labute approximate surface area is 415 Å².